The highest BCUT2D eigenvalue weighted by molar-refractivity contribution is 5.95. The van der Waals surface area contributed by atoms with E-state index in [0.29, 0.717) is 19.3 Å². The predicted molar refractivity (Wildman–Crippen MR) is 146 cm³/mol. The summed E-state index contributed by atoms with van der Waals surface area (Å²) in [6, 6.07) is 0. The highest BCUT2D eigenvalue weighted by Crippen LogP contribution is 2.76. The molecule has 0 radical (unpaired) electrons. The van der Waals surface area contributed by atoms with Gasteiger partial charge in [0, 0.05) is 29.3 Å². The van der Waals surface area contributed by atoms with E-state index in [0.717, 1.165) is 38.5 Å². The first-order valence-corrected chi connectivity index (χ1v) is 15.0. The first-order chi connectivity index (χ1) is 17.3. The molecule has 5 rings (SSSR count). The number of allylic oxidation sites excluding steroid dienone is 2. The van der Waals surface area contributed by atoms with Crippen LogP contribution < -0.4 is 5.73 Å². The van der Waals surface area contributed by atoms with Crippen LogP contribution in [-0.2, 0) is 9.59 Å². The van der Waals surface area contributed by atoms with E-state index in [1.165, 1.54) is 5.57 Å². The molecule has 0 aliphatic heterocycles. The maximum absolute atomic E-state index is 14.5. The summed E-state index contributed by atoms with van der Waals surface area (Å²) < 4.78 is 0. The largest absolute Gasteiger partial charge is 0.396 e. The molecule has 38 heavy (non-hydrogen) atoms. The summed E-state index contributed by atoms with van der Waals surface area (Å²) in [4.78, 5) is 27.0. The molecule has 0 aromatic carbocycles. The van der Waals surface area contributed by atoms with Gasteiger partial charge in [-0.15, -0.1) is 0 Å². The fourth-order valence-corrected chi connectivity index (χ4v) is 11.2. The molecule has 3 unspecified atom stereocenters. The van der Waals surface area contributed by atoms with E-state index >= 15 is 0 Å². The first kappa shape index (κ1) is 28.3. The van der Waals surface area contributed by atoms with E-state index in [-0.39, 0.29) is 52.3 Å². The Morgan fingerprint density at radius 2 is 1.61 bits per heavy atom. The molecule has 5 N–H and O–H groups in total. The molecule has 4 saturated carbocycles. The third kappa shape index (κ3) is 3.29. The number of aliphatic hydroxyl groups excluding tert-OH is 1. The number of nitrogens with two attached hydrogens (primary N) is 1. The van der Waals surface area contributed by atoms with Gasteiger partial charge in [0.15, 0.2) is 11.6 Å². The average Bonchev–Trinajstić information content (AvgIpc) is 2.80. The number of rotatable bonds is 3. The Kier molecular flexibility index (Phi) is 6.08. The van der Waals surface area contributed by atoms with Gasteiger partial charge in [-0.05, 0) is 97.4 Å². The van der Waals surface area contributed by atoms with Crippen molar-refractivity contribution < 1.29 is 24.9 Å². The second-order valence-electron chi connectivity index (χ2n) is 16.0. The van der Waals surface area contributed by atoms with Crippen molar-refractivity contribution in [2.45, 2.75) is 112 Å². The third-order valence-electron chi connectivity index (χ3n) is 14.0. The second kappa shape index (κ2) is 8.16. The Labute approximate surface area is 228 Å². The zero-order valence-electron chi connectivity index (χ0n) is 24.7. The van der Waals surface area contributed by atoms with Gasteiger partial charge in [0.05, 0.1) is 0 Å². The van der Waals surface area contributed by atoms with Crippen LogP contribution in [-0.4, -0.2) is 39.4 Å². The third-order valence-corrected chi connectivity index (χ3v) is 14.0. The SMILES string of the molecule is CC1(C(N)=O)CC[C@]2(C)CC[C@]3(C)C(=CC(=O)[C@@H]4[C@@]5(C)CC(CCO)C(O)(O)C(C)(C)C5CC[C@]43C)[C@H]2C1. The van der Waals surface area contributed by atoms with Crippen LogP contribution in [0.2, 0.25) is 0 Å². The van der Waals surface area contributed by atoms with Crippen molar-refractivity contribution in [3.63, 3.8) is 0 Å². The lowest BCUT2D eigenvalue weighted by molar-refractivity contribution is -0.337. The van der Waals surface area contributed by atoms with Crippen LogP contribution >= 0.6 is 0 Å². The van der Waals surface area contributed by atoms with E-state index in [4.69, 9.17) is 5.73 Å². The Balaban J connectivity index is 1.63. The molecule has 0 saturated heterocycles. The van der Waals surface area contributed by atoms with Crippen LogP contribution in [0.5, 0.6) is 0 Å². The molecule has 0 aromatic heterocycles. The van der Waals surface area contributed by atoms with Gasteiger partial charge in [0.1, 0.15) is 0 Å². The van der Waals surface area contributed by atoms with Crippen LogP contribution in [0.4, 0.5) is 0 Å². The van der Waals surface area contributed by atoms with Crippen molar-refractivity contribution in [3.8, 4) is 0 Å². The molecule has 9 atom stereocenters. The fourth-order valence-electron chi connectivity index (χ4n) is 11.2. The number of hydrogen-bond acceptors (Lipinski definition) is 5. The number of ketones is 1. The van der Waals surface area contributed by atoms with Crippen molar-refractivity contribution in [1.29, 1.82) is 0 Å². The van der Waals surface area contributed by atoms with Crippen molar-refractivity contribution in [3.05, 3.63) is 11.6 Å². The predicted octanol–water partition coefficient (Wildman–Crippen LogP) is 4.74. The van der Waals surface area contributed by atoms with Crippen LogP contribution in [0.3, 0.4) is 0 Å². The Hall–Kier alpha value is -1.24. The minimum Gasteiger partial charge on any atom is -0.396 e. The number of primary amides is 1. The van der Waals surface area contributed by atoms with Gasteiger partial charge in [0.25, 0.3) is 0 Å². The number of aliphatic hydroxyl groups is 3. The lowest BCUT2D eigenvalue weighted by Crippen LogP contribution is -2.70. The second-order valence-corrected chi connectivity index (χ2v) is 16.0. The summed E-state index contributed by atoms with van der Waals surface area (Å²) in [5, 5.41) is 32.6. The van der Waals surface area contributed by atoms with Gasteiger partial charge in [-0.1, -0.05) is 54.0 Å². The molecule has 5 aliphatic carbocycles. The molecular formula is C32H51NO5. The normalized spacial score (nSPS) is 51.1. The first-order valence-electron chi connectivity index (χ1n) is 15.0. The molecule has 0 spiro atoms. The molecule has 5 aliphatic rings. The topological polar surface area (TPSA) is 121 Å². The van der Waals surface area contributed by atoms with E-state index in [9.17, 15) is 24.9 Å². The number of carbonyl (C=O) groups is 2. The summed E-state index contributed by atoms with van der Waals surface area (Å²) in [5.41, 5.74) is 5.00. The highest BCUT2D eigenvalue weighted by Gasteiger charge is 2.73. The molecule has 6 nitrogen and oxygen atoms in total. The minimum atomic E-state index is -1.90. The van der Waals surface area contributed by atoms with E-state index in [1.807, 2.05) is 26.8 Å². The fraction of sp³-hybridized carbons (Fsp3) is 0.875. The summed E-state index contributed by atoms with van der Waals surface area (Å²) in [5.74, 6) is -2.55. The van der Waals surface area contributed by atoms with Crippen LogP contribution in [0, 0.1) is 56.2 Å². The maximum Gasteiger partial charge on any atom is 0.223 e. The highest BCUT2D eigenvalue weighted by atomic mass is 16.5. The number of fused-ring (bicyclic) bond motifs is 7. The standard InChI is InChI=1S/C32H51NO5/c1-26(2)23-8-10-31(7)24(29(23,5)17-19(9-15-34)32(26,37)38)22(35)16-20-21-18-28(4,25(33)36)12-11-27(21,3)13-14-30(20,31)6/h16,19,21,23-24,34,37-38H,8-15,17-18H2,1-7H3,(H2,33,36)/t19?,21-,23?,24-,27-,28?,29+,30-,31-/m1/s1. The van der Waals surface area contributed by atoms with Crippen molar-refractivity contribution in [2.75, 3.05) is 6.61 Å². The molecule has 6 heteroatoms. The van der Waals surface area contributed by atoms with Crippen molar-refractivity contribution >= 4 is 11.7 Å². The van der Waals surface area contributed by atoms with Crippen LogP contribution in [0.25, 0.3) is 0 Å². The Morgan fingerprint density at radius 3 is 2.21 bits per heavy atom. The van der Waals surface area contributed by atoms with Gasteiger partial charge in [-0.25, -0.2) is 0 Å². The maximum atomic E-state index is 14.5. The van der Waals surface area contributed by atoms with Gasteiger partial charge in [-0.2, -0.15) is 0 Å². The average molecular weight is 530 g/mol. The summed E-state index contributed by atoms with van der Waals surface area (Å²) >= 11 is 0. The number of hydrogen-bond donors (Lipinski definition) is 4. The molecule has 1 amide bonds. The molecule has 4 fully saturated rings. The van der Waals surface area contributed by atoms with Crippen molar-refractivity contribution in [1.82, 2.24) is 0 Å². The van der Waals surface area contributed by atoms with E-state index < -0.39 is 27.9 Å². The summed E-state index contributed by atoms with van der Waals surface area (Å²) in [6.45, 7) is 15.1. The number of amides is 1. The molecule has 0 heterocycles. The summed E-state index contributed by atoms with van der Waals surface area (Å²) in [6.07, 6.45) is 9.05. The lowest BCUT2D eigenvalue weighted by Gasteiger charge is -2.72. The van der Waals surface area contributed by atoms with Gasteiger partial charge >= 0.3 is 0 Å². The van der Waals surface area contributed by atoms with E-state index in [1.54, 1.807) is 0 Å². The minimum absolute atomic E-state index is 0.0257. The lowest BCUT2D eigenvalue weighted by atomic mass is 9.32. The zero-order chi connectivity index (χ0) is 28.3. The zero-order valence-corrected chi connectivity index (χ0v) is 24.7. The monoisotopic (exact) mass is 529 g/mol. The van der Waals surface area contributed by atoms with Crippen molar-refractivity contribution in [2.24, 2.45) is 61.9 Å². The van der Waals surface area contributed by atoms with Crippen LogP contribution in [0.15, 0.2) is 11.6 Å². The Bertz CT molecular complexity index is 1080. The quantitative estimate of drug-likeness (QED) is 0.394. The van der Waals surface area contributed by atoms with Gasteiger partial charge in [-0.3, -0.25) is 9.59 Å². The van der Waals surface area contributed by atoms with Gasteiger partial charge in [0.2, 0.25) is 5.91 Å². The molecular weight excluding hydrogens is 478 g/mol. The van der Waals surface area contributed by atoms with Gasteiger partial charge < -0.3 is 21.1 Å². The smallest absolute Gasteiger partial charge is 0.223 e. The molecule has 214 valence electrons. The number of carbonyl (C=O) groups excluding carboxylic acids is 2. The van der Waals surface area contributed by atoms with E-state index in [2.05, 4.69) is 27.7 Å². The Morgan fingerprint density at radius 1 is 0.974 bits per heavy atom. The molecule has 0 bridgehead atoms. The summed E-state index contributed by atoms with van der Waals surface area (Å²) in [7, 11) is 0. The van der Waals surface area contributed by atoms with Crippen LogP contribution in [0.1, 0.15) is 106 Å². The molecule has 0 aromatic rings.